The lowest BCUT2D eigenvalue weighted by atomic mass is 10.2. The molecule has 18 heavy (non-hydrogen) atoms. The number of ether oxygens (including phenoxy) is 1. The third kappa shape index (κ3) is 3.67. The van der Waals surface area contributed by atoms with Crippen molar-refractivity contribution in [3.05, 3.63) is 47.2 Å². The van der Waals surface area contributed by atoms with Gasteiger partial charge in [0.1, 0.15) is 6.61 Å². The molecule has 1 aliphatic heterocycles. The van der Waals surface area contributed by atoms with Crippen LogP contribution in [0.4, 0.5) is 0 Å². The lowest BCUT2D eigenvalue weighted by molar-refractivity contribution is 0.0948. The zero-order valence-electron chi connectivity index (χ0n) is 13.6. The standard InChI is InChI=1S/C13H15ClN2O2/c14-12-3-1-11(2-4-12)13(17)15-5-6-16-7-9-18-10-8-16/h1-4,7,9H,5-6,8,10H2,(H,15,17)/i1D,2D,3D,4D. The number of rotatable bonds is 4. The normalized spacial score (nSPS) is 17.3. The first-order chi connectivity index (χ1) is 10.4. The van der Waals surface area contributed by atoms with Gasteiger partial charge in [-0.05, 0) is 24.2 Å². The second kappa shape index (κ2) is 6.31. The highest BCUT2D eigenvalue weighted by Gasteiger charge is 2.07. The number of halogens is 1. The first-order valence-corrected chi connectivity index (χ1v) is 5.87. The van der Waals surface area contributed by atoms with Gasteiger partial charge in [0.25, 0.3) is 5.91 Å². The minimum absolute atomic E-state index is 0.287. The second-order valence-corrected chi connectivity index (χ2v) is 4.01. The van der Waals surface area contributed by atoms with Crippen molar-refractivity contribution in [1.82, 2.24) is 10.2 Å². The van der Waals surface area contributed by atoms with Gasteiger partial charge in [-0.25, -0.2) is 0 Å². The second-order valence-electron chi connectivity index (χ2n) is 3.64. The van der Waals surface area contributed by atoms with E-state index in [-0.39, 0.29) is 10.6 Å². The maximum Gasteiger partial charge on any atom is 0.251 e. The van der Waals surface area contributed by atoms with E-state index < -0.39 is 30.1 Å². The van der Waals surface area contributed by atoms with E-state index in [1.807, 2.05) is 4.90 Å². The average Bonchev–Trinajstić information content (AvgIpc) is 2.52. The number of carbonyl (C=O) groups excluding carboxylic acids is 1. The molecule has 1 aromatic rings. The molecule has 1 amide bonds. The summed E-state index contributed by atoms with van der Waals surface area (Å²) in [6.45, 7) is 2.17. The molecule has 1 aliphatic rings. The zero-order valence-corrected chi connectivity index (χ0v) is 10.4. The van der Waals surface area contributed by atoms with Crippen molar-refractivity contribution in [3.8, 4) is 0 Å². The summed E-state index contributed by atoms with van der Waals surface area (Å²) < 4.78 is 35.8. The van der Waals surface area contributed by atoms with E-state index in [1.54, 1.807) is 12.5 Å². The van der Waals surface area contributed by atoms with Crippen LogP contribution in [0.5, 0.6) is 0 Å². The molecule has 2 rings (SSSR count). The van der Waals surface area contributed by atoms with Crippen LogP contribution in [0.15, 0.2) is 36.6 Å². The fourth-order valence-electron chi connectivity index (χ4n) is 1.44. The lowest BCUT2D eigenvalue weighted by Crippen LogP contribution is -2.35. The Morgan fingerprint density at radius 1 is 1.50 bits per heavy atom. The smallest absolute Gasteiger partial charge is 0.251 e. The molecular weight excluding hydrogens is 252 g/mol. The largest absolute Gasteiger partial charge is 0.498 e. The SMILES string of the molecule is [2H]c1c([2H])c(C(=O)NCCN2C=COCC2)c([2H])c([2H])c1Cl. The molecule has 1 aromatic carbocycles. The van der Waals surface area contributed by atoms with E-state index in [0.29, 0.717) is 26.2 Å². The van der Waals surface area contributed by atoms with Gasteiger partial charge in [-0.2, -0.15) is 0 Å². The number of nitrogens with one attached hydrogen (secondary N) is 1. The third-order valence-electron chi connectivity index (χ3n) is 2.37. The Bertz CT molecular complexity index is 596. The quantitative estimate of drug-likeness (QED) is 0.908. The van der Waals surface area contributed by atoms with E-state index in [4.69, 9.17) is 21.8 Å². The van der Waals surface area contributed by atoms with Crippen molar-refractivity contribution < 1.29 is 15.0 Å². The number of amides is 1. The highest BCUT2D eigenvalue weighted by molar-refractivity contribution is 6.30. The maximum absolute atomic E-state index is 12.1. The van der Waals surface area contributed by atoms with Crippen molar-refractivity contribution in [2.75, 3.05) is 26.2 Å². The average molecular weight is 271 g/mol. The van der Waals surface area contributed by atoms with Gasteiger partial charge in [0.05, 0.1) is 18.3 Å². The van der Waals surface area contributed by atoms with Crippen LogP contribution in [0.3, 0.4) is 0 Å². The van der Waals surface area contributed by atoms with Crippen molar-refractivity contribution in [2.24, 2.45) is 0 Å². The van der Waals surface area contributed by atoms with Gasteiger partial charge >= 0.3 is 0 Å². The van der Waals surface area contributed by atoms with Crippen molar-refractivity contribution >= 4 is 17.5 Å². The van der Waals surface area contributed by atoms with Gasteiger partial charge in [0.2, 0.25) is 0 Å². The van der Waals surface area contributed by atoms with Gasteiger partial charge in [-0.1, -0.05) is 11.6 Å². The molecule has 0 saturated carbocycles. The van der Waals surface area contributed by atoms with Crippen LogP contribution in [0.2, 0.25) is 5.02 Å². The molecule has 0 unspecified atom stereocenters. The topological polar surface area (TPSA) is 41.6 Å². The Morgan fingerprint density at radius 2 is 2.28 bits per heavy atom. The molecule has 4 nitrogen and oxygen atoms in total. The van der Waals surface area contributed by atoms with Gasteiger partial charge < -0.3 is 15.0 Å². The molecule has 1 heterocycles. The summed E-state index contributed by atoms with van der Waals surface area (Å²) in [7, 11) is 0. The molecule has 5 heteroatoms. The molecule has 0 bridgehead atoms. The van der Waals surface area contributed by atoms with Crippen LogP contribution in [0, 0.1) is 0 Å². The number of benzene rings is 1. The van der Waals surface area contributed by atoms with Gasteiger partial charge in [0, 0.05) is 29.9 Å². The van der Waals surface area contributed by atoms with E-state index in [9.17, 15) is 4.79 Å². The molecule has 0 spiro atoms. The third-order valence-corrected chi connectivity index (χ3v) is 2.56. The number of carbonyl (C=O) groups is 1. The van der Waals surface area contributed by atoms with Gasteiger partial charge in [-0.15, -0.1) is 0 Å². The Balaban J connectivity index is 2.06. The molecule has 1 N–H and O–H groups in total. The highest BCUT2D eigenvalue weighted by Crippen LogP contribution is 2.09. The summed E-state index contributed by atoms with van der Waals surface area (Å²) in [6.07, 6.45) is 3.35. The molecule has 0 aromatic heterocycles. The Kier molecular flexibility index (Phi) is 2.95. The van der Waals surface area contributed by atoms with E-state index in [2.05, 4.69) is 5.32 Å². The monoisotopic (exact) mass is 270 g/mol. The Hall–Kier alpha value is -1.68. The van der Waals surface area contributed by atoms with Crippen molar-refractivity contribution in [1.29, 1.82) is 0 Å². The van der Waals surface area contributed by atoms with E-state index in [0.717, 1.165) is 0 Å². The summed E-state index contributed by atoms with van der Waals surface area (Å²) in [5, 5.41) is 2.31. The highest BCUT2D eigenvalue weighted by atomic mass is 35.5. The summed E-state index contributed by atoms with van der Waals surface area (Å²) in [4.78, 5) is 14.1. The summed E-state index contributed by atoms with van der Waals surface area (Å²) in [5.41, 5.74) is -0.295. The van der Waals surface area contributed by atoms with Crippen LogP contribution in [0.25, 0.3) is 0 Å². The van der Waals surface area contributed by atoms with E-state index in [1.165, 1.54) is 0 Å². The lowest BCUT2D eigenvalue weighted by Gasteiger charge is -2.23. The maximum atomic E-state index is 12.1. The Morgan fingerprint density at radius 3 is 2.94 bits per heavy atom. The molecule has 0 aliphatic carbocycles. The fraction of sp³-hybridized carbons (Fsp3) is 0.308. The number of nitrogens with zero attached hydrogens (tertiary/aromatic N) is 1. The summed E-state index contributed by atoms with van der Waals surface area (Å²) >= 11 is 5.70. The summed E-state index contributed by atoms with van der Waals surface area (Å²) in [5.74, 6) is -0.647. The predicted octanol–water partition coefficient (Wildman–Crippen LogP) is 1.87. The molecular formula is C13H15ClN2O2. The van der Waals surface area contributed by atoms with Crippen LogP contribution >= 0.6 is 11.6 Å². The van der Waals surface area contributed by atoms with Crippen molar-refractivity contribution in [2.45, 2.75) is 0 Å². The molecule has 0 atom stereocenters. The zero-order chi connectivity index (χ0) is 16.3. The summed E-state index contributed by atoms with van der Waals surface area (Å²) in [6, 6.07) is -1.70. The van der Waals surface area contributed by atoms with Crippen LogP contribution in [0.1, 0.15) is 15.8 Å². The number of hydrogen-bond donors (Lipinski definition) is 1. The fourth-order valence-corrected chi connectivity index (χ4v) is 1.53. The van der Waals surface area contributed by atoms with Crippen LogP contribution in [-0.4, -0.2) is 37.0 Å². The predicted molar refractivity (Wildman–Crippen MR) is 70.5 cm³/mol. The van der Waals surface area contributed by atoms with Gasteiger partial charge in [-0.3, -0.25) is 4.79 Å². The minimum atomic E-state index is -0.647. The van der Waals surface area contributed by atoms with Crippen LogP contribution in [-0.2, 0) is 4.74 Å². The van der Waals surface area contributed by atoms with Gasteiger partial charge in [0.15, 0.2) is 0 Å². The first-order valence-electron chi connectivity index (χ1n) is 7.50. The first kappa shape index (κ1) is 8.43. The number of hydrogen-bond acceptors (Lipinski definition) is 3. The minimum Gasteiger partial charge on any atom is -0.498 e. The Labute approximate surface area is 117 Å². The van der Waals surface area contributed by atoms with Crippen molar-refractivity contribution in [3.63, 3.8) is 0 Å². The molecule has 0 fully saturated rings. The van der Waals surface area contributed by atoms with Crippen LogP contribution < -0.4 is 5.32 Å². The van der Waals surface area contributed by atoms with E-state index >= 15 is 0 Å². The molecule has 0 radical (unpaired) electrons. The molecule has 0 saturated heterocycles. The molecule has 96 valence electrons.